The molecule has 1 aromatic carbocycles. The van der Waals surface area contributed by atoms with Crippen molar-refractivity contribution < 1.29 is 8.42 Å². The van der Waals surface area contributed by atoms with Crippen LogP contribution in [0.3, 0.4) is 0 Å². The first-order chi connectivity index (χ1) is 14.3. The summed E-state index contributed by atoms with van der Waals surface area (Å²) in [5, 5.41) is 4.48. The molecule has 4 rings (SSSR count). The molecule has 0 radical (unpaired) electrons. The van der Waals surface area contributed by atoms with E-state index < -0.39 is 10.0 Å². The third kappa shape index (κ3) is 3.82. The van der Waals surface area contributed by atoms with Crippen LogP contribution in [-0.4, -0.2) is 58.7 Å². The molecule has 0 atom stereocenters. The van der Waals surface area contributed by atoms with Gasteiger partial charge in [-0.05, 0) is 51.0 Å². The lowest BCUT2D eigenvalue weighted by molar-refractivity contribution is 0.383. The highest BCUT2D eigenvalue weighted by atomic mass is 32.2. The predicted molar refractivity (Wildman–Crippen MR) is 116 cm³/mol. The van der Waals surface area contributed by atoms with Gasteiger partial charge in [-0.2, -0.15) is 9.40 Å². The van der Waals surface area contributed by atoms with Gasteiger partial charge < -0.3 is 4.90 Å². The zero-order chi connectivity index (χ0) is 21.5. The summed E-state index contributed by atoms with van der Waals surface area (Å²) in [6, 6.07) is 9.44. The average Bonchev–Trinajstić information content (AvgIpc) is 3.08. The maximum absolute atomic E-state index is 13.2. The number of aryl methyl sites for hydroxylation is 4. The minimum absolute atomic E-state index is 0.393. The lowest BCUT2D eigenvalue weighted by atomic mass is 10.2. The molecule has 1 aliphatic rings. The number of benzene rings is 1. The summed E-state index contributed by atoms with van der Waals surface area (Å²) in [7, 11) is -3.52. The van der Waals surface area contributed by atoms with Crippen molar-refractivity contribution >= 4 is 15.8 Å². The minimum Gasteiger partial charge on any atom is -0.354 e. The van der Waals surface area contributed by atoms with Gasteiger partial charge in [-0.15, -0.1) is 0 Å². The Morgan fingerprint density at radius 3 is 2.23 bits per heavy atom. The maximum Gasteiger partial charge on any atom is 0.243 e. The second-order valence-corrected chi connectivity index (χ2v) is 9.64. The molecule has 0 spiro atoms. The fourth-order valence-electron chi connectivity index (χ4n) is 3.77. The summed E-state index contributed by atoms with van der Waals surface area (Å²) in [4.78, 5) is 11.2. The SMILES string of the molecule is Cc1ccc(C)c(S(=O)(=O)N2CCN(c3cc(-n4nc(C)cc4C)ncn3)CC2)c1. The van der Waals surface area contributed by atoms with Crippen molar-refractivity contribution in [2.24, 2.45) is 0 Å². The zero-order valence-corrected chi connectivity index (χ0v) is 18.5. The Kier molecular flexibility index (Phi) is 5.33. The molecule has 1 saturated heterocycles. The van der Waals surface area contributed by atoms with Gasteiger partial charge in [0.25, 0.3) is 0 Å². The summed E-state index contributed by atoms with van der Waals surface area (Å²) in [5.41, 5.74) is 3.64. The Balaban J connectivity index is 1.52. The van der Waals surface area contributed by atoms with Crippen molar-refractivity contribution in [2.45, 2.75) is 32.6 Å². The van der Waals surface area contributed by atoms with Crippen molar-refractivity contribution in [1.29, 1.82) is 0 Å². The average molecular weight is 427 g/mol. The van der Waals surface area contributed by atoms with Crippen LogP contribution >= 0.6 is 0 Å². The van der Waals surface area contributed by atoms with Gasteiger partial charge in [0.1, 0.15) is 12.1 Å². The molecule has 0 N–H and O–H groups in total. The van der Waals surface area contributed by atoms with E-state index in [1.54, 1.807) is 15.1 Å². The molecule has 3 aromatic rings. The summed E-state index contributed by atoms with van der Waals surface area (Å²) < 4.78 is 29.7. The number of hydrogen-bond acceptors (Lipinski definition) is 6. The summed E-state index contributed by atoms with van der Waals surface area (Å²) in [6.07, 6.45) is 1.53. The standard InChI is InChI=1S/C21H26N6O2S/c1-15-5-6-16(2)19(11-15)30(28,29)26-9-7-25(8-10-26)20-13-21(23-14-22-20)27-18(4)12-17(3)24-27/h5-6,11-14H,7-10H2,1-4H3. The van der Waals surface area contributed by atoms with Crippen LogP contribution in [0, 0.1) is 27.7 Å². The quantitative estimate of drug-likeness (QED) is 0.637. The van der Waals surface area contributed by atoms with E-state index in [1.165, 1.54) is 6.33 Å². The van der Waals surface area contributed by atoms with Gasteiger partial charge in [0, 0.05) is 37.9 Å². The second-order valence-electron chi connectivity index (χ2n) is 7.73. The highest BCUT2D eigenvalue weighted by molar-refractivity contribution is 7.89. The molecule has 1 aliphatic heterocycles. The molecule has 0 aliphatic carbocycles. The van der Waals surface area contributed by atoms with E-state index in [1.807, 2.05) is 52.0 Å². The Morgan fingerprint density at radius 2 is 1.57 bits per heavy atom. The van der Waals surface area contributed by atoms with E-state index in [4.69, 9.17) is 0 Å². The molecule has 30 heavy (non-hydrogen) atoms. The molecule has 2 aromatic heterocycles. The third-order valence-corrected chi connectivity index (χ3v) is 7.43. The minimum atomic E-state index is -3.52. The molecule has 158 valence electrons. The third-order valence-electron chi connectivity index (χ3n) is 5.39. The Hall–Kier alpha value is -2.78. The van der Waals surface area contributed by atoms with E-state index in [9.17, 15) is 8.42 Å². The lowest BCUT2D eigenvalue weighted by Crippen LogP contribution is -2.49. The number of sulfonamides is 1. The van der Waals surface area contributed by atoms with Crippen molar-refractivity contribution in [3.05, 3.63) is 59.2 Å². The van der Waals surface area contributed by atoms with E-state index in [-0.39, 0.29) is 0 Å². The van der Waals surface area contributed by atoms with Crippen molar-refractivity contribution in [1.82, 2.24) is 24.1 Å². The molecule has 0 bridgehead atoms. The summed E-state index contributed by atoms with van der Waals surface area (Å²) in [6.45, 7) is 9.63. The number of anilines is 1. The van der Waals surface area contributed by atoms with Crippen molar-refractivity contribution in [3.8, 4) is 5.82 Å². The fraction of sp³-hybridized carbons (Fsp3) is 0.381. The number of piperazine rings is 1. The fourth-order valence-corrected chi connectivity index (χ4v) is 5.50. The van der Waals surface area contributed by atoms with Crippen molar-refractivity contribution in [2.75, 3.05) is 31.1 Å². The van der Waals surface area contributed by atoms with Gasteiger partial charge in [-0.3, -0.25) is 0 Å². The van der Waals surface area contributed by atoms with Crippen LogP contribution in [0.1, 0.15) is 22.5 Å². The number of hydrogen-bond donors (Lipinski definition) is 0. The molecular weight excluding hydrogens is 400 g/mol. The van der Waals surface area contributed by atoms with E-state index in [0.29, 0.717) is 36.9 Å². The van der Waals surface area contributed by atoms with Crippen LogP contribution in [-0.2, 0) is 10.0 Å². The molecular formula is C21H26N6O2S. The normalized spacial score (nSPS) is 15.5. The monoisotopic (exact) mass is 426 g/mol. The van der Waals surface area contributed by atoms with Crippen LogP contribution in [0.25, 0.3) is 5.82 Å². The molecule has 0 amide bonds. The van der Waals surface area contributed by atoms with E-state index in [0.717, 1.165) is 28.3 Å². The Bertz CT molecular complexity index is 1180. The lowest BCUT2D eigenvalue weighted by Gasteiger charge is -2.35. The van der Waals surface area contributed by atoms with Gasteiger partial charge >= 0.3 is 0 Å². The van der Waals surface area contributed by atoms with Gasteiger partial charge in [-0.1, -0.05) is 12.1 Å². The van der Waals surface area contributed by atoms with E-state index >= 15 is 0 Å². The smallest absolute Gasteiger partial charge is 0.243 e. The first-order valence-corrected chi connectivity index (χ1v) is 11.4. The van der Waals surface area contributed by atoms with Crippen LogP contribution in [0.5, 0.6) is 0 Å². The predicted octanol–water partition coefficient (Wildman–Crippen LogP) is 2.41. The van der Waals surface area contributed by atoms with Crippen LogP contribution < -0.4 is 4.90 Å². The topological polar surface area (TPSA) is 84.2 Å². The molecule has 9 heteroatoms. The largest absolute Gasteiger partial charge is 0.354 e. The number of aromatic nitrogens is 4. The van der Waals surface area contributed by atoms with Crippen LogP contribution in [0.15, 0.2) is 41.6 Å². The van der Waals surface area contributed by atoms with Gasteiger partial charge in [0.2, 0.25) is 10.0 Å². The summed E-state index contributed by atoms with van der Waals surface area (Å²) >= 11 is 0. The van der Waals surface area contributed by atoms with Gasteiger partial charge in [-0.25, -0.2) is 23.1 Å². The van der Waals surface area contributed by atoms with Gasteiger partial charge in [0.05, 0.1) is 10.6 Å². The second kappa shape index (κ2) is 7.81. The summed E-state index contributed by atoms with van der Waals surface area (Å²) in [5.74, 6) is 1.48. The van der Waals surface area contributed by atoms with Crippen LogP contribution in [0.4, 0.5) is 5.82 Å². The Labute approximate surface area is 177 Å². The van der Waals surface area contributed by atoms with Gasteiger partial charge in [0.15, 0.2) is 5.82 Å². The maximum atomic E-state index is 13.2. The number of rotatable bonds is 4. The highest BCUT2D eigenvalue weighted by Crippen LogP contribution is 2.24. The zero-order valence-electron chi connectivity index (χ0n) is 17.7. The van der Waals surface area contributed by atoms with Crippen molar-refractivity contribution in [3.63, 3.8) is 0 Å². The molecule has 3 heterocycles. The first-order valence-electron chi connectivity index (χ1n) is 9.94. The molecule has 1 fully saturated rings. The van der Waals surface area contributed by atoms with Crippen LogP contribution in [0.2, 0.25) is 0 Å². The highest BCUT2D eigenvalue weighted by Gasteiger charge is 2.30. The van der Waals surface area contributed by atoms with E-state index in [2.05, 4.69) is 20.0 Å². The molecule has 8 nitrogen and oxygen atoms in total. The molecule has 0 saturated carbocycles. The molecule has 0 unspecified atom stereocenters. The Morgan fingerprint density at radius 1 is 0.867 bits per heavy atom. The number of nitrogens with zero attached hydrogens (tertiary/aromatic N) is 6. The first kappa shape index (κ1) is 20.5.